The van der Waals surface area contributed by atoms with E-state index in [9.17, 15) is 4.79 Å². The first kappa shape index (κ1) is 15.7. The highest BCUT2D eigenvalue weighted by molar-refractivity contribution is 7.18. The normalized spacial score (nSPS) is 18.4. The molecule has 0 amide bonds. The van der Waals surface area contributed by atoms with Gasteiger partial charge < -0.3 is 5.32 Å². The van der Waals surface area contributed by atoms with Crippen molar-refractivity contribution < 1.29 is 0 Å². The van der Waals surface area contributed by atoms with Crippen molar-refractivity contribution in [3.05, 3.63) is 27.1 Å². The largest absolute Gasteiger partial charge is 0.311 e. The molecule has 4 nitrogen and oxygen atoms in total. The minimum atomic E-state index is 0.145. The number of hydrogen-bond donors (Lipinski definition) is 1. The Bertz CT molecular complexity index is 729. The van der Waals surface area contributed by atoms with Crippen LogP contribution in [0.5, 0.6) is 0 Å². The minimum absolute atomic E-state index is 0.145. The first-order valence-corrected chi connectivity index (χ1v) is 9.03. The van der Waals surface area contributed by atoms with Crippen molar-refractivity contribution in [1.82, 2.24) is 14.9 Å². The van der Waals surface area contributed by atoms with Crippen molar-refractivity contribution in [2.75, 3.05) is 0 Å². The van der Waals surface area contributed by atoms with Crippen LogP contribution in [0.4, 0.5) is 0 Å². The van der Waals surface area contributed by atoms with Crippen molar-refractivity contribution in [3.8, 4) is 0 Å². The molecule has 2 aromatic heterocycles. The van der Waals surface area contributed by atoms with E-state index >= 15 is 0 Å². The van der Waals surface area contributed by atoms with Crippen LogP contribution in [0.1, 0.15) is 44.6 Å². The summed E-state index contributed by atoms with van der Waals surface area (Å²) in [5.74, 6) is 0.450. The monoisotopic (exact) mass is 319 g/mol. The first-order valence-electron chi connectivity index (χ1n) is 8.21. The molecule has 120 valence electrons. The quantitative estimate of drug-likeness (QED) is 0.942. The summed E-state index contributed by atoms with van der Waals surface area (Å²) >= 11 is 1.71. The zero-order valence-corrected chi connectivity index (χ0v) is 14.7. The van der Waals surface area contributed by atoms with Gasteiger partial charge in [0.1, 0.15) is 4.83 Å². The van der Waals surface area contributed by atoms with Gasteiger partial charge in [0.05, 0.1) is 11.7 Å². The van der Waals surface area contributed by atoms with Crippen LogP contribution in [0.3, 0.4) is 0 Å². The topological polar surface area (TPSA) is 46.9 Å². The highest BCUT2D eigenvalue weighted by Gasteiger charge is 2.25. The Morgan fingerprint density at radius 2 is 2.18 bits per heavy atom. The summed E-state index contributed by atoms with van der Waals surface area (Å²) in [5.41, 5.74) is 1.41. The molecule has 0 fully saturated rings. The molecule has 1 N–H and O–H groups in total. The van der Waals surface area contributed by atoms with Gasteiger partial charge in [-0.3, -0.25) is 9.36 Å². The van der Waals surface area contributed by atoms with Crippen LogP contribution in [0.15, 0.2) is 11.1 Å². The van der Waals surface area contributed by atoms with Crippen LogP contribution < -0.4 is 10.9 Å². The van der Waals surface area contributed by atoms with Gasteiger partial charge in [0.15, 0.2) is 0 Å². The number of aromatic nitrogens is 2. The number of aryl methyl sites for hydroxylation is 1. The van der Waals surface area contributed by atoms with E-state index in [4.69, 9.17) is 0 Å². The average Bonchev–Trinajstić information content (AvgIpc) is 2.79. The van der Waals surface area contributed by atoms with Crippen LogP contribution in [0.2, 0.25) is 0 Å². The lowest BCUT2D eigenvalue weighted by atomic mass is 9.92. The van der Waals surface area contributed by atoms with E-state index in [1.807, 2.05) is 0 Å². The molecule has 22 heavy (non-hydrogen) atoms. The molecule has 0 aromatic carbocycles. The summed E-state index contributed by atoms with van der Waals surface area (Å²) in [7, 11) is 0. The number of thiophene rings is 1. The van der Waals surface area contributed by atoms with Crippen LogP contribution >= 0.6 is 11.3 Å². The van der Waals surface area contributed by atoms with Crippen molar-refractivity contribution in [2.24, 2.45) is 5.92 Å². The lowest BCUT2D eigenvalue weighted by Crippen LogP contribution is -2.38. The maximum absolute atomic E-state index is 12.8. The second kappa shape index (κ2) is 6.13. The predicted octanol–water partition coefficient (Wildman–Crippen LogP) is 2.97. The zero-order chi connectivity index (χ0) is 15.9. The van der Waals surface area contributed by atoms with Gasteiger partial charge in [0.25, 0.3) is 5.56 Å². The molecule has 0 bridgehead atoms. The molecule has 2 heterocycles. The van der Waals surface area contributed by atoms with E-state index in [1.54, 1.807) is 22.2 Å². The summed E-state index contributed by atoms with van der Waals surface area (Å²) in [6, 6.07) is 1.03. The van der Waals surface area contributed by atoms with Gasteiger partial charge in [-0.05, 0) is 30.7 Å². The summed E-state index contributed by atoms with van der Waals surface area (Å²) in [6.45, 7) is 9.37. The van der Waals surface area contributed by atoms with Crippen LogP contribution in [0.25, 0.3) is 10.2 Å². The molecule has 0 spiro atoms. The van der Waals surface area contributed by atoms with Gasteiger partial charge >= 0.3 is 0 Å². The van der Waals surface area contributed by atoms with E-state index in [0.717, 1.165) is 36.0 Å². The molecule has 1 aliphatic rings. The van der Waals surface area contributed by atoms with Gasteiger partial charge in [0.2, 0.25) is 0 Å². The Morgan fingerprint density at radius 3 is 2.86 bits per heavy atom. The molecule has 1 unspecified atom stereocenters. The number of nitrogens with zero attached hydrogens (tertiary/aromatic N) is 2. The molecular formula is C17H25N3OS. The Morgan fingerprint density at radius 1 is 1.41 bits per heavy atom. The standard InChI is InChI=1S/C17H25N3OS/c1-10(2)8-20-9-18-16-15(17(20)21)13-6-5-12(19-11(3)4)7-14(13)22-16/h9-12,19H,5-8H2,1-4H3. The number of nitrogens with one attached hydrogen (secondary N) is 1. The lowest BCUT2D eigenvalue weighted by molar-refractivity contribution is 0.425. The van der Waals surface area contributed by atoms with Crippen LogP contribution in [-0.4, -0.2) is 21.6 Å². The smallest absolute Gasteiger partial charge is 0.262 e. The van der Waals surface area contributed by atoms with Crippen molar-refractivity contribution in [2.45, 2.75) is 65.6 Å². The average molecular weight is 319 g/mol. The zero-order valence-electron chi connectivity index (χ0n) is 13.8. The van der Waals surface area contributed by atoms with Gasteiger partial charge in [-0.25, -0.2) is 4.98 Å². The Balaban J connectivity index is 1.99. The van der Waals surface area contributed by atoms with Gasteiger partial charge in [0, 0.05) is 23.5 Å². The predicted molar refractivity (Wildman–Crippen MR) is 92.8 cm³/mol. The van der Waals surface area contributed by atoms with Crippen LogP contribution in [-0.2, 0) is 19.4 Å². The molecule has 0 radical (unpaired) electrons. The Hall–Kier alpha value is -1.20. The second-order valence-corrected chi connectivity index (χ2v) is 8.12. The van der Waals surface area contributed by atoms with E-state index in [1.165, 1.54) is 10.4 Å². The molecular weight excluding hydrogens is 294 g/mol. The minimum Gasteiger partial charge on any atom is -0.311 e. The third-order valence-corrected chi connectivity index (χ3v) is 5.33. The van der Waals surface area contributed by atoms with E-state index < -0.39 is 0 Å². The number of fused-ring (bicyclic) bond motifs is 3. The van der Waals surface area contributed by atoms with Crippen molar-refractivity contribution in [3.63, 3.8) is 0 Å². The first-order chi connectivity index (χ1) is 10.5. The fraction of sp³-hybridized carbons (Fsp3) is 0.647. The molecule has 2 aromatic rings. The summed E-state index contributed by atoms with van der Waals surface area (Å²) in [5, 5.41) is 4.50. The summed E-state index contributed by atoms with van der Waals surface area (Å²) in [4.78, 5) is 19.6. The van der Waals surface area contributed by atoms with Gasteiger partial charge in [-0.2, -0.15) is 0 Å². The van der Waals surface area contributed by atoms with Gasteiger partial charge in [-0.15, -0.1) is 11.3 Å². The Kier molecular flexibility index (Phi) is 4.37. The number of hydrogen-bond acceptors (Lipinski definition) is 4. The van der Waals surface area contributed by atoms with E-state index in [0.29, 0.717) is 18.0 Å². The van der Waals surface area contributed by atoms with Crippen LogP contribution in [0, 0.1) is 5.92 Å². The third kappa shape index (κ3) is 2.97. The highest BCUT2D eigenvalue weighted by atomic mass is 32.1. The molecule has 0 saturated carbocycles. The van der Waals surface area contributed by atoms with Crippen molar-refractivity contribution >= 4 is 21.6 Å². The lowest BCUT2D eigenvalue weighted by Gasteiger charge is -2.25. The molecule has 3 rings (SSSR count). The van der Waals surface area contributed by atoms with E-state index in [-0.39, 0.29) is 5.56 Å². The Labute approximate surface area is 135 Å². The fourth-order valence-electron chi connectivity index (χ4n) is 3.34. The van der Waals surface area contributed by atoms with E-state index in [2.05, 4.69) is 38.0 Å². The number of rotatable bonds is 4. The maximum atomic E-state index is 12.8. The maximum Gasteiger partial charge on any atom is 0.262 e. The third-order valence-electron chi connectivity index (χ3n) is 4.17. The summed E-state index contributed by atoms with van der Waals surface area (Å²) in [6.07, 6.45) is 4.84. The molecule has 1 aliphatic carbocycles. The van der Waals surface area contributed by atoms with Crippen molar-refractivity contribution in [1.29, 1.82) is 0 Å². The highest BCUT2D eigenvalue weighted by Crippen LogP contribution is 2.33. The summed E-state index contributed by atoms with van der Waals surface area (Å²) < 4.78 is 1.78. The molecule has 1 atom stereocenters. The second-order valence-electron chi connectivity index (χ2n) is 7.04. The fourth-order valence-corrected chi connectivity index (χ4v) is 4.60. The SMILES string of the molecule is CC(C)Cn1cnc2sc3c(c2c1=O)CCC(NC(C)C)C3. The molecule has 0 aliphatic heterocycles. The van der Waals surface area contributed by atoms with Gasteiger partial charge in [-0.1, -0.05) is 27.7 Å². The molecule has 0 saturated heterocycles. The molecule has 5 heteroatoms.